The van der Waals surface area contributed by atoms with Crippen molar-refractivity contribution in [2.24, 2.45) is 0 Å². The summed E-state index contributed by atoms with van der Waals surface area (Å²) in [6.45, 7) is 0.403. The third-order valence-electron chi connectivity index (χ3n) is 2.32. The van der Waals surface area contributed by atoms with Crippen LogP contribution in [0.2, 0.25) is 10.0 Å². The number of nitrogen functional groups attached to an aromatic ring is 1. The minimum Gasteiger partial charge on any atom is -0.489 e. The quantitative estimate of drug-likeness (QED) is 0.848. The molecule has 0 aromatic heterocycles. The Labute approximate surface area is 110 Å². The van der Waals surface area contributed by atoms with Gasteiger partial charge in [-0.05, 0) is 18.2 Å². The standard InChI is InChI=1S/C13H11Cl2NO/c14-11-4-2-1-3-9(11)8-17-10-5-6-13(16)12(15)7-10/h1-7H,8,16H2. The number of ether oxygens (including phenoxy) is 1. The fourth-order valence-corrected chi connectivity index (χ4v) is 1.74. The second-order valence-corrected chi connectivity index (χ2v) is 4.38. The van der Waals surface area contributed by atoms with E-state index in [0.717, 1.165) is 5.56 Å². The van der Waals surface area contributed by atoms with E-state index in [-0.39, 0.29) is 0 Å². The molecule has 0 unspecified atom stereocenters. The third-order valence-corrected chi connectivity index (χ3v) is 3.02. The molecule has 2 N–H and O–H groups in total. The van der Waals surface area contributed by atoms with Gasteiger partial charge in [-0.25, -0.2) is 0 Å². The zero-order valence-electron chi connectivity index (χ0n) is 8.99. The zero-order chi connectivity index (χ0) is 12.3. The van der Waals surface area contributed by atoms with Crippen LogP contribution in [0.4, 0.5) is 5.69 Å². The molecular formula is C13H11Cl2NO. The molecule has 0 amide bonds. The van der Waals surface area contributed by atoms with Gasteiger partial charge in [0.2, 0.25) is 0 Å². The van der Waals surface area contributed by atoms with E-state index in [1.807, 2.05) is 24.3 Å². The Morgan fingerprint density at radius 1 is 1.00 bits per heavy atom. The first-order valence-corrected chi connectivity index (χ1v) is 5.83. The lowest BCUT2D eigenvalue weighted by molar-refractivity contribution is 0.306. The minimum absolute atomic E-state index is 0.403. The van der Waals surface area contributed by atoms with Gasteiger partial charge in [-0.1, -0.05) is 41.4 Å². The van der Waals surface area contributed by atoms with Gasteiger partial charge in [0.05, 0.1) is 10.7 Å². The van der Waals surface area contributed by atoms with Crippen LogP contribution in [0.25, 0.3) is 0 Å². The van der Waals surface area contributed by atoms with Crippen molar-refractivity contribution in [3.63, 3.8) is 0 Å². The molecule has 2 aromatic rings. The number of hydrogen-bond acceptors (Lipinski definition) is 2. The number of halogens is 2. The average molecular weight is 268 g/mol. The fraction of sp³-hybridized carbons (Fsp3) is 0.0769. The van der Waals surface area contributed by atoms with Crippen LogP contribution in [0.1, 0.15) is 5.56 Å². The molecule has 0 saturated heterocycles. The molecule has 4 heteroatoms. The third kappa shape index (κ3) is 3.05. The fourth-order valence-electron chi connectivity index (χ4n) is 1.37. The summed E-state index contributed by atoms with van der Waals surface area (Å²) in [5, 5.41) is 1.18. The maximum atomic E-state index is 6.02. The van der Waals surface area contributed by atoms with Crippen LogP contribution in [0, 0.1) is 0 Å². The molecular weight excluding hydrogens is 257 g/mol. The molecule has 0 radical (unpaired) electrons. The van der Waals surface area contributed by atoms with Gasteiger partial charge in [0.25, 0.3) is 0 Å². The molecule has 0 spiro atoms. The Kier molecular flexibility index (Phi) is 3.77. The number of nitrogens with two attached hydrogens (primary N) is 1. The van der Waals surface area contributed by atoms with Gasteiger partial charge >= 0.3 is 0 Å². The van der Waals surface area contributed by atoms with Gasteiger partial charge in [0, 0.05) is 16.7 Å². The van der Waals surface area contributed by atoms with Crippen molar-refractivity contribution in [1.82, 2.24) is 0 Å². The molecule has 0 atom stereocenters. The highest BCUT2D eigenvalue weighted by Gasteiger charge is 2.02. The van der Waals surface area contributed by atoms with Crippen LogP contribution in [0.3, 0.4) is 0 Å². The van der Waals surface area contributed by atoms with Gasteiger partial charge in [-0.2, -0.15) is 0 Å². The number of rotatable bonds is 3. The molecule has 0 aliphatic heterocycles. The van der Waals surface area contributed by atoms with Gasteiger partial charge in [-0.15, -0.1) is 0 Å². The van der Waals surface area contributed by atoms with Gasteiger partial charge in [0.15, 0.2) is 0 Å². The lowest BCUT2D eigenvalue weighted by Crippen LogP contribution is -1.96. The molecule has 88 valence electrons. The Bertz CT molecular complexity index is 529. The summed E-state index contributed by atoms with van der Waals surface area (Å²) in [4.78, 5) is 0. The summed E-state index contributed by atoms with van der Waals surface area (Å²) in [7, 11) is 0. The van der Waals surface area contributed by atoms with Gasteiger partial charge in [-0.3, -0.25) is 0 Å². The molecule has 2 aromatic carbocycles. The molecule has 0 aliphatic carbocycles. The number of hydrogen-bond donors (Lipinski definition) is 1. The average Bonchev–Trinajstić information content (AvgIpc) is 2.32. The normalized spacial score (nSPS) is 10.2. The first-order valence-electron chi connectivity index (χ1n) is 5.08. The van der Waals surface area contributed by atoms with Crippen LogP contribution >= 0.6 is 23.2 Å². The van der Waals surface area contributed by atoms with Crippen molar-refractivity contribution in [2.45, 2.75) is 6.61 Å². The summed E-state index contributed by atoms with van der Waals surface area (Å²) in [5.41, 5.74) is 7.08. The van der Waals surface area contributed by atoms with Crippen LogP contribution in [-0.4, -0.2) is 0 Å². The van der Waals surface area contributed by atoms with Crippen molar-refractivity contribution in [3.05, 3.63) is 58.1 Å². The minimum atomic E-state index is 0.403. The molecule has 17 heavy (non-hydrogen) atoms. The molecule has 0 fully saturated rings. The lowest BCUT2D eigenvalue weighted by Gasteiger charge is -2.08. The number of anilines is 1. The van der Waals surface area contributed by atoms with E-state index in [1.165, 1.54) is 0 Å². The molecule has 2 nitrogen and oxygen atoms in total. The zero-order valence-corrected chi connectivity index (χ0v) is 10.5. The Morgan fingerprint density at radius 2 is 1.76 bits per heavy atom. The highest BCUT2D eigenvalue weighted by atomic mass is 35.5. The van der Waals surface area contributed by atoms with Crippen molar-refractivity contribution in [3.8, 4) is 5.75 Å². The van der Waals surface area contributed by atoms with E-state index >= 15 is 0 Å². The first-order chi connectivity index (χ1) is 8.16. The number of benzene rings is 2. The SMILES string of the molecule is Nc1ccc(OCc2ccccc2Cl)cc1Cl. The van der Waals surface area contributed by atoms with Crippen LogP contribution in [0.15, 0.2) is 42.5 Å². The van der Waals surface area contributed by atoms with Crippen molar-refractivity contribution in [2.75, 3.05) is 5.73 Å². The molecule has 2 rings (SSSR count). The van der Waals surface area contributed by atoms with Gasteiger partial charge in [0.1, 0.15) is 12.4 Å². The summed E-state index contributed by atoms with van der Waals surface area (Å²) in [5.74, 6) is 0.670. The van der Waals surface area contributed by atoms with Crippen molar-refractivity contribution >= 4 is 28.9 Å². The highest BCUT2D eigenvalue weighted by Crippen LogP contribution is 2.25. The molecule has 0 saturated carbocycles. The largest absolute Gasteiger partial charge is 0.489 e. The van der Waals surface area contributed by atoms with Crippen LogP contribution in [0.5, 0.6) is 5.75 Å². The second-order valence-electron chi connectivity index (χ2n) is 3.56. The van der Waals surface area contributed by atoms with Crippen molar-refractivity contribution in [1.29, 1.82) is 0 Å². The molecule has 0 heterocycles. The van der Waals surface area contributed by atoms with E-state index in [1.54, 1.807) is 18.2 Å². The smallest absolute Gasteiger partial charge is 0.121 e. The molecule has 0 bridgehead atoms. The summed E-state index contributed by atoms with van der Waals surface area (Å²) in [6, 6.07) is 12.7. The maximum absolute atomic E-state index is 6.02. The first kappa shape index (κ1) is 12.1. The lowest BCUT2D eigenvalue weighted by atomic mass is 10.2. The monoisotopic (exact) mass is 267 g/mol. The predicted molar refractivity (Wildman–Crippen MR) is 71.6 cm³/mol. The Hall–Kier alpha value is -1.38. The molecule has 0 aliphatic rings. The van der Waals surface area contributed by atoms with Crippen molar-refractivity contribution < 1.29 is 4.74 Å². The topological polar surface area (TPSA) is 35.2 Å². The van der Waals surface area contributed by atoms with Crippen LogP contribution < -0.4 is 10.5 Å². The summed E-state index contributed by atoms with van der Waals surface area (Å²) < 4.78 is 5.58. The van der Waals surface area contributed by atoms with E-state index in [2.05, 4.69) is 0 Å². The van der Waals surface area contributed by atoms with E-state index in [0.29, 0.717) is 28.1 Å². The van der Waals surface area contributed by atoms with E-state index < -0.39 is 0 Å². The Balaban J connectivity index is 2.08. The predicted octanol–water partition coefficient (Wildman–Crippen LogP) is 4.15. The van der Waals surface area contributed by atoms with Crippen LogP contribution in [-0.2, 0) is 6.61 Å². The second kappa shape index (κ2) is 5.30. The van der Waals surface area contributed by atoms with E-state index in [9.17, 15) is 0 Å². The highest BCUT2D eigenvalue weighted by molar-refractivity contribution is 6.33. The summed E-state index contributed by atoms with van der Waals surface area (Å²) >= 11 is 11.9. The Morgan fingerprint density at radius 3 is 2.47 bits per heavy atom. The summed E-state index contributed by atoms with van der Waals surface area (Å²) in [6.07, 6.45) is 0. The van der Waals surface area contributed by atoms with Gasteiger partial charge < -0.3 is 10.5 Å². The van der Waals surface area contributed by atoms with E-state index in [4.69, 9.17) is 33.7 Å². The maximum Gasteiger partial charge on any atom is 0.121 e.